The van der Waals surface area contributed by atoms with E-state index in [4.69, 9.17) is 10.5 Å². The maximum atomic E-state index is 9.55. The Morgan fingerprint density at radius 3 is 2.50 bits per heavy atom. The molecule has 1 aromatic heterocycles. The first-order chi connectivity index (χ1) is 13.1. The number of aromatic nitrogens is 2. The molecule has 0 radical (unpaired) electrons. The van der Waals surface area contributed by atoms with Crippen LogP contribution in [0.2, 0.25) is 0 Å². The van der Waals surface area contributed by atoms with Crippen molar-refractivity contribution in [3.8, 4) is 12.1 Å². The molecular formula is C22H37N5O. The van der Waals surface area contributed by atoms with Gasteiger partial charge in [-0.2, -0.15) is 15.2 Å². The van der Waals surface area contributed by atoms with E-state index >= 15 is 0 Å². The van der Waals surface area contributed by atoms with Gasteiger partial charge in [-0.15, -0.1) is 0 Å². The van der Waals surface area contributed by atoms with Crippen LogP contribution in [0, 0.1) is 11.3 Å². The fourth-order valence-corrected chi connectivity index (χ4v) is 3.43. The number of rotatable bonds is 12. The zero-order valence-corrected chi connectivity index (χ0v) is 17.1. The maximum Gasteiger partial charge on any atom is 0.318 e. The van der Waals surface area contributed by atoms with E-state index in [1.54, 1.807) is 0 Å². The van der Waals surface area contributed by atoms with Crippen LogP contribution in [-0.4, -0.2) is 41.1 Å². The molecule has 0 aromatic carbocycles. The van der Waals surface area contributed by atoms with Gasteiger partial charge in [-0.25, -0.2) is 0 Å². The van der Waals surface area contributed by atoms with Crippen molar-refractivity contribution in [3.63, 3.8) is 0 Å². The number of hydrogen-bond acceptors (Lipinski definition) is 6. The number of fused-ring (bicyclic) bond motifs is 1. The highest BCUT2D eigenvalue weighted by atomic mass is 16.5. The maximum absolute atomic E-state index is 9.55. The van der Waals surface area contributed by atoms with Crippen molar-refractivity contribution in [1.82, 2.24) is 14.9 Å². The summed E-state index contributed by atoms with van der Waals surface area (Å²) in [5.74, 6) is 0.441. The van der Waals surface area contributed by atoms with E-state index in [2.05, 4.69) is 41.7 Å². The highest BCUT2D eigenvalue weighted by molar-refractivity contribution is 5.79. The molecule has 0 saturated carbocycles. The molecule has 0 unspecified atom stereocenters. The smallest absolute Gasteiger partial charge is 0.318 e. The third-order valence-corrected chi connectivity index (χ3v) is 5.18. The Labute approximate surface area is 170 Å². The van der Waals surface area contributed by atoms with E-state index in [1.807, 2.05) is 0 Å². The fourth-order valence-electron chi connectivity index (χ4n) is 3.43. The van der Waals surface area contributed by atoms with Gasteiger partial charge in [0.25, 0.3) is 0 Å². The monoisotopic (exact) mass is 387 g/mol. The lowest BCUT2D eigenvalue weighted by atomic mass is 10.0. The van der Waals surface area contributed by atoms with E-state index in [0.717, 1.165) is 74.1 Å². The van der Waals surface area contributed by atoms with Crippen molar-refractivity contribution in [1.29, 1.82) is 5.26 Å². The van der Waals surface area contributed by atoms with E-state index in [-0.39, 0.29) is 7.43 Å². The molecule has 1 aliphatic carbocycles. The first-order valence-electron chi connectivity index (χ1n) is 10.3. The van der Waals surface area contributed by atoms with Gasteiger partial charge in [0.05, 0.1) is 18.4 Å². The van der Waals surface area contributed by atoms with Gasteiger partial charge in [0.2, 0.25) is 0 Å². The highest BCUT2D eigenvalue weighted by Gasteiger charge is 2.26. The highest BCUT2D eigenvalue weighted by Crippen LogP contribution is 2.37. The van der Waals surface area contributed by atoms with Crippen molar-refractivity contribution in [2.45, 2.75) is 73.1 Å². The molecule has 0 aliphatic heterocycles. The lowest BCUT2D eigenvalue weighted by Crippen LogP contribution is -2.23. The first kappa shape index (κ1) is 23.9. The summed E-state index contributed by atoms with van der Waals surface area (Å²) in [6.45, 7) is 10.4. The zero-order valence-electron chi connectivity index (χ0n) is 17.1. The Morgan fingerprint density at radius 2 is 1.86 bits per heavy atom. The number of ether oxygens (including phenoxy) is 1. The number of nitrogens with two attached hydrogens (primary N) is 1. The SMILES string of the molecule is C.CCCCOc1nc(N)c2c(n1)C(CCCCCN(CC)CC)=C(C#N)C2. The van der Waals surface area contributed by atoms with Gasteiger partial charge in [0.15, 0.2) is 0 Å². The molecule has 2 N–H and O–H groups in total. The van der Waals surface area contributed by atoms with E-state index in [0.29, 0.717) is 24.9 Å². The van der Waals surface area contributed by atoms with Gasteiger partial charge in [0, 0.05) is 17.6 Å². The predicted octanol–water partition coefficient (Wildman–Crippen LogP) is 4.61. The third kappa shape index (κ3) is 6.20. The van der Waals surface area contributed by atoms with Crippen LogP contribution in [0.4, 0.5) is 5.82 Å². The summed E-state index contributed by atoms with van der Waals surface area (Å²) in [6, 6.07) is 2.68. The molecule has 1 aromatic rings. The van der Waals surface area contributed by atoms with Crippen LogP contribution in [0.3, 0.4) is 0 Å². The van der Waals surface area contributed by atoms with Crippen molar-refractivity contribution in [3.05, 3.63) is 16.8 Å². The first-order valence-corrected chi connectivity index (χ1v) is 10.3. The number of allylic oxidation sites excluding steroid dienone is 2. The van der Waals surface area contributed by atoms with E-state index < -0.39 is 0 Å². The van der Waals surface area contributed by atoms with Crippen LogP contribution in [-0.2, 0) is 6.42 Å². The number of anilines is 1. The van der Waals surface area contributed by atoms with Crippen molar-refractivity contribution in [2.75, 3.05) is 32.0 Å². The third-order valence-electron chi connectivity index (χ3n) is 5.18. The largest absolute Gasteiger partial charge is 0.463 e. The number of nitrogens with zero attached hydrogens (tertiary/aromatic N) is 4. The summed E-state index contributed by atoms with van der Waals surface area (Å²) in [6.07, 6.45) is 6.80. The van der Waals surface area contributed by atoms with E-state index in [1.165, 1.54) is 6.42 Å². The Kier molecular flexibility index (Phi) is 10.5. The second kappa shape index (κ2) is 12.4. The van der Waals surface area contributed by atoms with Crippen molar-refractivity contribution >= 4 is 11.4 Å². The summed E-state index contributed by atoms with van der Waals surface area (Å²) in [4.78, 5) is 11.3. The zero-order chi connectivity index (χ0) is 19.6. The molecule has 1 aliphatic rings. The van der Waals surface area contributed by atoms with Crippen molar-refractivity contribution < 1.29 is 4.74 Å². The standard InChI is InChI=1S/C21H33N5O.CH4/c1-4-7-13-27-21-24-19-17(11-9-8-10-12-26(5-2)6-3)16(15-22)14-18(19)20(23)25-21;/h4-14H2,1-3H3,(H2,23,24,25);1H4. The minimum atomic E-state index is 0. The number of unbranched alkanes of at least 4 members (excludes halogenated alkanes) is 3. The molecule has 28 heavy (non-hydrogen) atoms. The second-order valence-electron chi connectivity index (χ2n) is 7.00. The van der Waals surface area contributed by atoms with Crippen LogP contribution >= 0.6 is 0 Å². The summed E-state index contributed by atoms with van der Waals surface area (Å²) in [7, 11) is 0. The van der Waals surface area contributed by atoms with Gasteiger partial charge in [-0.05, 0) is 50.9 Å². The van der Waals surface area contributed by atoms with Gasteiger partial charge < -0.3 is 15.4 Å². The predicted molar refractivity (Wildman–Crippen MR) is 116 cm³/mol. The van der Waals surface area contributed by atoms with Crippen LogP contribution in [0.5, 0.6) is 6.01 Å². The normalized spacial score (nSPS) is 12.7. The van der Waals surface area contributed by atoms with Crippen molar-refractivity contribution in [2.24, 2.45) is 0 Å². The molecule has 0 amide bonds. The molecule has 0 saturated heterocycles. The minimum absolute atomic E-state index is 0. The quantitative estimate of drug-likeness (QED) is 0.527. The molecule has 0 bridgehead atoms. The molecular weight excluding hydrogens is 350 g/mol. The second-order valence-corrected chi connectivity index (χ2v) is 7.00. The van der Waals surface area contributed by atoms with E-state index in [9.17, 15) is 5.26 Å². The van der Waals surface area contributed by atoms with Crippen LogP contribution in [0.1, 0.15) is 78.0 Å². The number of hydrogen-bond donors (Lipinski definition) is 1. The average molecular weight is 388 g/mol. The summed E-state index contributed by atoms with van der Waals surface area (Å²) < 4.78 is 5.65. The Balaban J connectivity index is 0.00000392. The van der Waals surface area contributed by atoms with Gasteiger partial charge in [-0.1, -0.05) is 41.0 Å². The Bertz CT molecular complexity index is 689. The molecule has 0 atom stereocenters. The van der Waals surface area contributed by atoms with Gasteiger partial charge in [-0.3, -0.25) is 0 Å². The van der Waals surface area contributed by atoms with Gasteiger partial charge >= 0.3 is 6.01 Å². The number of nitrogen functional groups attached to an aromatic ring is 1. The average Bonchev–Trinajstić information content (AvgIpc) is 3.03. The molecule has 0 spiro atoms. The summed E-state index contributed by atoms with van der Waals surface area (Å²) in [5.41, 5.74) is 9.64. The lowest BCUT2D eigenvalue weighted by molar-refractivity contribution is 0.285. The molecule has 0 fully saturated rings. The lowest BCUT2D eigenvalue weighted by Gasteiger charge is -2.17. The summed E-state index contributed by atoms with van der Waals surface area (Å²) >= 11 is 0. The topological polar surface area (TPSA) is 88.1 Å². The number of nitriles is 1. The van der Waals surface area contributed by atoms with Crippen LogP contribution in [0.15, 0.2) is 5.57 Å². The molecule has 156 valence electrons. The van der Waals surface area contributed by atoms with Gasteiger partial charge in [0.1, 0.15) is 5.82 Å². The van der Waals surface area contributed by atoms with Crippen LogP contribution in [0.25, 0.3) is 5.57 Å². The Hall–Kier alpha value is -2.13. The summed E-state index contributed by atoms with van der Waals surface area (Å²) in [5, 5.41) is 9.55. The molecule has 2 rings (SSSR count). The molecule has 6 nitrogen and oxygen atoms in total. The van der Waals surface area contributed by atoms with Crippen LogP contribution < -0.4 is 10.5 Å². The fraction of sp³-hybridized carbons (Fsp3) is 0.682. The Morgan fingerprint density at radius 1 is 1.11 bits per heavy atom. The molecule has 6 heteroatoms. The molecule has 1 heterocycles. The minimum Gasteiger partial charge on any atom is -0.463 e.